The quantitative estimate of drug-likeness (QED) is 0.511. The van der Waals surface area contributed by atoms with E-state index < -0.39 is 10.1 Å². The van der Waals surface area contributed by atoms with Gasteiger partial charge in [0.15, 0.2) is 0 Å². The molecule has 0 spiro atoms. The largest absolute Gasteiger partial charge is 0.494 e. The first kappa shape index (κ1) is 15.7. The van der Waals surface area contributed by atoms with E-state index in [1.54, 1.807) is 0 Å². The smallest absolute Gasteiger partial charge is 0.294 e. The zero-order valence-electron chi connectivity index (χ0n) is 8.30. The van der Waals surface area contributed by atoms with E-state index in [-0.39, 0.29) is 17.3 Å². The van der Waals surface area contributed by atoms with Gasteiger partial charge in [-0.05, 0) is 30.7 Å². The fourth-order valence-electron chi connectivity index (χ4n) is 0.952. The molecular formula is C9H12BrClO4S. The molecule has 0 radical (unpaired) electrons. The lowest BCUT2D eigenvalue weighted by Crippen LogP contribution is -2.00. The van der Waals surface area contributed by atoms with Crippen molar-refractivity contribution in [3.05, 3.63) is 24.3 Å². The molecular weight excluding hydrogens is 320 g/mol. The van der Waals surface area contributed by atoms with E-state index in [2.05, 4.69) is 15.9 Å². The van der Waals surface area contributed by atoms with Crippen molar-refractivity contribution < 1.29 is 17.7 Å². The van der Waals surface area contributed by atoms with Crippen molar-refractivity contribution >= 4 is 38.5 Å². The lowest BCUT2D eigenvalue weighted by Gasteiger charge is -2.04. The highest BCUT2D eigenvalue weighted by Crippen LogP contribution is 2.15. The fourth-order valence-corrected chi connectivity index (χ4v) is 1.66. The Morgan fingerprint density at radius 3 is 2.25 bits per heavy atom. The van der Waals surface area contributed by atoms with E-state index in [1.165, 1.54) is 24.3 Å². The summed E-state index contributed by atoms with van der Waals surface area (Å²) in [6.45, 7) is 0.566. The third kappa shape index (κ3) is 5.16. The zero-order valence-corrected chi connectivity index (χ0v) is 11.5. The summed E-state index contributed by atoms with van der Waals surface area (Å²) < 4.78 is 35.5. The van der Waals surface area contributed by atoms with E-state index in [0.29, 0.717) is 12.4 Å². The first-order chi connectivity index (χ1) is 7.04. The predicted octanol–water partition coefficient (Wildman–Crippen LogP) is 2.52. The van der Waals surface area contributed by atoms with Crippen LogP contribution >= 0.6 is 28.3 Å². The van der Waals surface area contributed by atoms with Crippen LogP contribution in [0.25, 0.3) is 0 Å². The lowest BCUT2D eigenvalue weighted by molar-refractivity contribution is 0.319. The number of halogens is 2. The Kier molecular flexibility index (Phi) is 6.98. The average Bonchev–Trinajstić information content (AvgIpc) is 2.18. The summed E-state index contributed by atoms with van der Waals surface area (Å²) in [6, 6.07) is 5.63. The minimum atomic E-state index is -4.11. The summed E-state index contributed by atoms with van der Waals surface area (Å²) in [5, 5.41) is 0.857. The van der Waals surface area contributed by atoms with Crippen molar-refractivity contribution in [2.24, 2.45) is 0 Å². The first-order valence-corrected chi connectivity index (χ1v) is 6.86. The molecule has 1 aromatic carbocycles. The third-order valence-electron chi connectivity index (χ3n) is 1.67. The second-order valence-corrected chi connectivity index (χ2v) is 5.05. The Hall–Kier alpha value is -0.300. The molecule has 0 aliphatic heterocycles. The summed E-state index contributed by atoms with van der Waals surface area (Å²) in [5.74, 6) is 0.586. The fraction of sp³-hybridized carbons (Fsp3) is 0.333. The van der Waals surface area contributed by atoms with Crippen molar-refractivity contribution in [1.29, 1.82) is 0 Å². The normalized spacial score (nSPS) is 10.6. The van der Waals surface area contributed by atoms with Gasteiger partial charge in [-0.15, -0.1) is 12.4 Å². The van der Waals surface area contributed by atoms with Gasteiger partial charge in [-0.2, -0.15) is 8.42 Å². The second-order valence-electron chi connectivity index (χ2n) is 2.84. The van der Waals surface area contributed by atoms with Gasteiger partial charge in [0, 0.05) is 5.33 Å². The van der Waals surface area contributed by atoms with Gasteiger partial charge < -0.3 is 4.74 Å². The SMILES string of the molecule is Cl.O=S(=O)(O)c1ccc(OCCCBr)cc1. The van der Waals surface area contributed by atoms with Gasteiger partial charge in [-0.3, -0.25) is 4.55 Å². The maximum Gasteiger partial charge on any atom is 0.294 e. The Morgan fingerprint density at radius 1 is 1.25 bits per heavy atom. The van der Waals surface area contributed by atoms with Crippen LogP contribution in [0.4, 0.5) is 0 Å². The summed E-state index contributed by atoms with van der Waals surface area (Å²) in [6.07, 6.45) is 0.875. The molecule has 0 heterocycles. The topological polar surface area (TPSA) is 63.6 Å². The summed E-state index contributed by atoms with van der Waals surface area (Å²) in [5.41, 5.74) is 0. The van der Waals surface area contributed by atoms with Gasteiger partial charge in [0.1, 0.15) is 5.75 Å². The van der Waals surface area contributed by atoms with Crippen molar-refractivity contribution in [3.8, 4) is 5.75 Å². The molecule has 0 atom stereocenters. The standard InChI is InChI=1S/C9H11BrO4S.ClH/c10-6-1-7-14-8-2-4-9(5-3-8)15(11,12)13;/h2-5H,1,6-7H2,(H,11,12,13);1H. The van der Waals surface area contributed by atoms with Crippen molar-refractivity contribution in [3.63, 3.8) is 0 Å². The highest BCUT2D eigenvalue weighted by atomic mass is 79.9. The van der Waals surface area contributed by atoms with E-state index in [9.17, 15) is 8.42 Å². The first-order valence-electron chi connectivity index (χ1n) is 4.30. The molecule has 0 bridgehead atoms. The van der Waals surface area contributed by atoms with Crippen LogP contribution in [0.3, 0.4) is 0 Å². The van der Waals surface area contributed by atoms with E-state index in [0.717, 1.165) is 11.8 Å². The molecule has 1 N–H and O–H groups in total. The molecule has 16 heavy (non-hydrogen) atoms. The predicted molar refractivity (Wildman–Crippen MR) is 67.4 cm³/mol. The van der Waals surface area contributed by atoms with Gasteiger partial charge in [0.2, 0.25) is 0 Å². The molecule has 1 rings (SSSR count). The van der Waals surface area contributed by atoms with Crippen LogP contribution in [0.15, 0.2) is 29.2 Å². The minimum Gasteiger partial charge on any atom is -0.494 e. The number of benzene rings is 1. The second kappa shape index (κ2) is 7.11. The third-order valence-corrected chi connectivity index (χ3v) is 3.10. The van der Waals surface area contributed by atoms with Gasteiger partial charge in [-0.1, -0.05) is 15.9 Å². The molecule has 0 amide bonds. The number of rotatable bonds is 5. The van der Waals surface area contributed by atoms with Crippen LogP contribution in [-0.4, -0.2) is 24.9 Å². The average molecular weight is 332 g/mol. The highest BCUT2D eigenvalue weighted by Gasteiger charge is 2.08. The van der Waals surface area contributed by atoms with E-state index >= 15 is 0 Å². The maximum absolute atomic E-state index is 10.7. The van der Waals surface area contributed by atoms with Gasteiger partial charge in [0.25, 0.3) is 10.1 Å². The Morgan fingerprint density at radius 2 is 1.81 bits per heavy atom. The number of ether oxygens (including phenoxy) is 1. The van der Waals surface area contributed by atoms with Crippen LogP contribution in [0.5, 0.6) is 5.75 Å². The molecule has 92 valence electrons. The van der Waals surface area contributed by atoms with E-state index in [4.69, 9.17) is 9.29 Å². The number of alkyl halides is 1. The Bertz CT molecular complexity index is 404. The van der Waals surface area contributed by atoms with Crippen molar-refractivity contribution in [2.75, 3.05) is 11.9 Å². The molecule has 0 saturated carbocycles. The van der Waals surface area contributed by atoms with Gasteiger partial charge in [-0.25, -0.2) is 0 Å². The van der Waals surface area contributed by atoms with E-state index in [1.807, 2.05) is 0 Å². The molecule has 0 saturated heterocycles. The monoisotopic (exact) mass is 330 g/mol. The van der Waals surface area contributed by atoms with Gasteiger partial charge >= 0.3 is 0 Å². The Labute approximate surface area is 109 Å². The maximum atomic E-state index is 10.7. The van der Waals surface area contributed by atoms with Crippen LogP contribution < -0.4 is 4.74 Å². The molecule has 1 aromatic rings. The van der Waals surface area contributed by atoms with Gasteiger partial charge in [0.05, 0.1) is 11.5 Å². The molecule has 0 aromatic heterocycles. The Balaban J connectivity index is 0.00000225. The zero-order chi connectivity index (χ0) is 11.3. The molecule has 4 nitrogen and oxygen atoms in total. The number of hydrogen-bond acceptors (Lipinski definition) is 3. The highest BCUT2D eigenvalue weighted by molar-refractivity contribution is 9.09. The van der Waals surface area contributed by atoms with Crippen LogP contribution in [0.2, 0.25) is 0 Å². The van der Waals surface area contributed by atoms with Crippen molar-refractivity contribution in [2.45, 2.75) is 11.3 Å². The molecule has 7 heteroatoms. The molecule has 0 fully saturated rings. The molecule has 0 aliphatic rings. The van der Waals surface area contributed by atoms with Crippen molar-refractivity contribution in [1.82, 2.24) is 0 Å². The molecule has 0 unspecified atom stereocenters. The minimum absolute atomic E-state index is 0. The molecule has 0 aliphatic carbocycles. The summed E-state index contributed by atoms with van der Waals surface area (Å²) >= 11 is 3.27. The van der Waals surface area contributed by atoms with Crippen LogP contribution in [0.1, 0.15) is 6.42 Å². The van der Waals surface area contributed by atoms with Crippen LogP contribution in [-0.2, 0) is 10.1 Å². The lowest BCUT2D eigenvalue weighted by atomic mass is 10.3. The summed E-state index contributed by atoms with van der Waals surface area (Å²) in [7, 11) is -4.11. The number of hydrogen-bond donors (Lipinski definition) is 1. The van der Waals surface area contributed by atoms with Crippen LogP contribution in [0, 0.1) is 0 Å². The summed E-state index contributed by atoms with van der Waals surface area (Å²) in [4.78, 5) is -0.129.